The van der Waals surface area contributed by atoms with Crippen molar-refractivity contribution in [2.75, 3.05) is 13.7 Å². The molecule has 2 aromatic rings. The summed E-state index contributed by atoms with van der Waals surface area (Å²) in [4.78, 5) is 23.8. The van der Waals surface area contributed by atoms with Gasteiger partial charge in [-0.15, -0.1) is 12.4 Å². The van der Waals surface area contributed by atoms with Crippen molar-refractivity contribution in [3.63, 3.8) is 0 Å². The third kappa shape index (κ3) is 6.30. The van der Waals surface area contributed by atoms with Crippen LogP contribution in [0.5, 0.6) is 5.75 Å². The van der Waals surface area contributed by atoms with Crippen LogP contribution in [0.25, 0.3) is 0 Å². The second-order valence-corrected chi connectivity index (χ2v) is 6.35. The first-order chi connectivity index (χ1) is 12.8. The second kappa shape index (κ2) is 10.8. The number of rotatable bonds is 7. The molecular weight excluding hydrogens is 427 g/mol. The first kappa shape index (κ1) is 23.6. The number of amides is 2. The highest BCUT2D eigenvalue weighted by molar-refractivity contribution is 6.35. The van der Waals surface area contributed by atoms with E-state index in [0.29, 0.717) is 21.9 Å². The fraction of sp³-hybridized carbons (Fsp3) is 0.167. The van der Waals surface area contributed by atoms with Crippen molar-refractivity contribution in [1.82, 2.24) is 10.6 Å². The molecule has 0 spiro atoms. The van der Waals surface area contributed by atoms with Gasteiger partial charge in [0, 0.05) is 29.7 Å². The summed E-state index contributed by atoms with van der Waals surface area (Å²) < 4.78 is 5.50. The van der Waals surface area contributed by atoms with E-state index < -0.39 is 5.91 Å². The van der Waals surface area contributed by atoms with Gasteiger partial charge in [-0.25, -0.2) is 0 Å². The highest BCUT2D eigenvalue weighted by atomic mass is 35.5. The van der Waals surface area contributed by atoms with Crippen LogP contribution in [0.4, 0.5) is 0 Å². The molecule has 0 aliphatic rings. The number of likely N-dealkylation sites (N-methyl/N-ethyl adjacent to an activating group) is 1. The Balaban J connectivity index is 0.00000392. The smallest absolute Gasteiger partial charge is 0.257 e. The van der Waals surface area contributed by atoms with Crippen LogP contribution in [0.3, 0.4) is 0 Å². The van der Waals surface area contributed by atoms with Crippen LogP contribution >= 0.6 is 35.6 Å². The first-order valence-electron chi connectivity index (χ1n) is 7.85. The van der Waals surface area contributed by atoms with E-state index in [1.54, 1.807) is 30.3 Å². The van der Waals surface area contributed by atoms with Gasteiger partial charge in [0.25, 0.3) is 11.8 Å². The molecule has 0 saturated heterocycles. The highest BCUT2D eigenvalue weighted by Gasteiger charge is 2.14. The molecule has 0 heterocycles. The molecule has 7 nitrogen and oxygen atoms in total. The van der Waals surface area contributed by atoms with Crippen molar-refractivity contribution < 1.29 is 14.3 Å². The Morgan fingerprint density at radius 2 is 1.89 bits per heavy atom. The molecule has 0 bridgehead atoms. The van der Waals surface area contributed by atoms with E-state index in [9.17, 15) is 9.59 Å². The van der Waals surface area contributed by atoms with Gasteiger partial charge in [-0.2, -0.15) is 0 Å². The zero-order valence-electron chi connectivity index (χ0n) is 14.8. The van der Waals surface area contributed by atoms with E-state index >= 15 is 0 Å². The molecule has 2 rings (SSSR count). The third-order valence-electron chi connectivity index (χ3n) is 3.63. The summed E-state index contributed by atoms with van der Waals surface area (Å²) >= 11 is 11.9. The van der Waals surface area contributed by atoms with Crippen molar-refractivity contribution >= 4 is 53.3 Å². The second-order valence-electron chi connectivity index (χ2n) is 5.50. The average molecular weight is 446 g/mol. The van der Waals surface area contributed by atoms with Crippen LogP contribution in [0, 0.1) is 5.41 Å². The molecule has 0 aromatic heterocycles. The first-order valence-corrected chi connectivity index (χ1v) is 8.61. The lowest BCUT2D eigenvalue weighted by Gasteiger charge is -2.14. The number of nitrogens with one attached hydrogen (secondary N) is 3. The molecule has 0 unspecified atom stereocenters. The Morgan fingerprint density at radius 1 is 1.18 bits per heavy atom. The van der Waals surface area contributed by atoms with Crippen molar-refractivity contribution in [3.8, 4) is 5.75 Å². The van der Waals surface area contributed by atoms with E-state index in [1.165, 1.54) is 13.1 Å². The number of amidine groups is 1. The predicted octanol–water partition coefficient (Wildman–Crippen LogP) is 2.75. The minimum atomic E-state index is -0.407. The van der Waals surface area contributed by atoms with E-state index in [0.717, 1.165) is 0 Å². The van der Waals surface area contributed by atoms with Gasteiger partial charge in [-0.05, 0) is 24.3 Å². The largest absolute Gasteiger partial charge is 0.483 e. The maximum absolute atomic E-state index is 12.4. The minimum absolute atomic E-state index is 0. The zero-order chi connectivity index (χ0) is 20.0. The standard InChI is InChI=1S/C18H18Cl2N4O3.ClH/c1-23-16(25)9-27-15-6-10(17(21)22)2-3-11(15)8-24-18(26)13-7-12(19)4-5-14(13)20;/h2-7H,8-9H2,1H3,(H3,21,22)(H,23,25)(H,24,26);1H. The van der Waals surface area contributed by atoms with Crippen LogP contribution in [-0.2, 0) is 11.3 Å². The number of nitrogen functional groups attached to an aromatic ring is 1. The van der Waals surface area contributed by atoms with Crippen LogP contribution in [0.15, 0.2) is 36.4 Å². The molecule has 0 aliphatic heterocycles. The number of carbonyl (C=O) groups excluding carboxylic acids is 2. The van der Waals surface area contributed by atoms with Crippen molar-refractivity contribution in [3.05, 3.63) is 63.1 Å². The van der Waals surface area contributed by atoms with Crippen LogP contribution in [-0.4, -0.2) is 31.3 Å². The summed E-state index contributed by atoms with van der Waals surface area (Å²) in [7, 11) is 1.49. The van der Waals surface area contributed by atoms with E-state index in [2.05, 4.69) is 10.6 Å². The molecule has 0 aliphatic carbocycles. The summed E-state index contributed by atoms with van der Waals surface area (Å²) in [6.07, 6.45) is 0. The number of hydrogen-bond donors (Lipinski definition) is 4. The number of ether oxygens (including phenoxy) is 1. The van der Waals surface area contributed by atoms with Gasteiger partial charge in [0.2, 0.25) is 0 Å². The fourth-order valence-corrected chi connectivity index (χ4v) is 2.54. The van der Waals surface area contributed by atoms with Crippen molar-refractivity contribution in [1.29, 1.82) is 5.41 Å². The quantitative estimate of drug-likeness (QED) is 0.387. The van der Waals surface area contributed by atoms with Gasteiger partial charge in [0.15, 0.2) is 6.61 Å². The minimum Gasteiger partial charge on any atom is -0.483 e. The van der Waals surface area contributed by atoms with Gasteiger partial charge in [-0.3, -0.25) is 15.0 Å². The maximum Gasteiger partial charge on any atom is 0.257 e. The number of nitrogens with two attached hydrogens (primary N) is 1. The van der Waals surface area contributed by atoms with E-state index in [4.69, 9.17) is 39.1 Å². The van der Waals surface area contributed by atoms with Crippen LogP contribution < -0.4 is 21.1 Å². The number of hydrogen-bond acceptors (Lipinski definition) is 4. The van der Waals surface area contributed by atoms with Gasteiger partial charge < -0.3 is 21.1 Å². The lowest BCUT2D eigenvalue weighted by molar-refractivity contribution is -0.122. The topological polar surface area (TPSA) is 117 Å². The summed E-state index contributed by atoms with van der Waals surface area (Å²) in [5, 5.41) is 13.4. The van der Waals surface area contributed by atoms with Crippen molar-refractivity contribution in [2.24, 2.45) is 5.73 Å². The maximum atomic E-state index is 12.4. The van der Waals surface area contributed by atoms with E-state index in [-0.39, 0.29) is 47.9 Å². The zero-order valence-corrected chi connectivity index (χ0v) is 17.2. The molecule has 10 heteroatoms. The summed E-state index contributed by atoms with van der Waals surface area (Å²) in [5.41, 5.74) is 6.79. The molecular formula is C18H19Cl3N4O3. The third-order valence-corrected chi connectivity index (χ3v) is 4.19. The molecule has 2 amide bonds. The fourth-order valence-electron chi connectivity index (χ4n) is 2.16. The monoisotopic (exact) mass is 444 g/mol. The molecule has 150 valence electrons. The molecule has 0 fully saturated rings. The Morgan fingerprint density at radius 3 is 2.54 bits per heavy atom. The number of carbonyl (C=O) groups is 2. The van der Waals surface area contributed by atoms with Gasteiger partial charge in [-0.1, -0.05) is 35.3 Å². The lowest BCUT2D eigenvalue weighted by atomic mass is 10.1. The Bertz CT molecular complexity index is 890. The molecule has 5 N–H and O–H groups in total. The summed E-state index contributed by atoms with van der Waals surface area (Å²) in [6.45, 7) is -0.0954. The number of halogens is 3. The predicted molar refractivity (Wildman–Crippen MR) is 112 cm³/mol. The lowest BCUT2D eigenvalue weighted by Crippen LogP contribution is -2.26. The summed E-state index contributed by atoms with van der Waals surface area (Å²) in [5.74, 6) is -0.524. The van der Waals surface area contributed by atoms with Crippen LogP contribution in [0.2, 0.25) is 10.0 Å². The van der Waals surface area contributed by atoms with Gasteiger partial charge >= 0.3 is 0 Å². The molecule has 0 radical (unpaired) electrons. The van der Waals surface area contributed by atoms with Gasteiger partial charge in [0.05, 0.1) is 10.6 Å². The Labute approximate surface area is 178 Å². The molecule has 28 heavy (non-hydrogen) atoms. The van der Waals surface area contributed by atoms with E-state index in [1.807, 2.05) is 0 Å². The van der Waals surface area contributed by atoms with Gasteiger partial charge in [0.1, 0.15) is 11.6 Å². The Hall–Kier alpha value is -2.48. The average Bonchev–Trinajstić information content (AvgIpc) is 2.66. The Kier molecular flexibility index (Phi) is 9.05. The summed E-state index contributed by atoms with van der Waals surface area (Å²) in [6, 6.07) is 9.43. The number of benzene rings is 2. The van der Waals surface area contributed by atoms with Crippen LogP contribution in [0.1, 0.15) is 21.5 Å². The highest BCUT2D eigenvalue weighted by Crippen LogP contribution is 2.23. The normalized spacial score (nSPS) is 9.82. The van der Waals surface area contributed by atoms with Crippen molar-refractivity contribution in [2.45, 2.75) is 6.54 Å². The molecule has 2 aromatic carbocycles. The SMILES string of the molecule is CNC(=O)COc1cc(C(=N)N)ccc1CNC(=O)c1cc(Cl)ccc1Cl.Cl. The molecule has 0 saturated carbocycles. The molecule has 0 atom stereocenters.